The summed E-state index contributed by atoms with van der Waals surface area (Å²) >= 11 is 0. The van der Waals surface area contributed by atoms with Crippen LogP contribution >= 0.6 is 0 Å². The average molecular weight is 288 g/mol. The first-order valence-electron chi connectivity index (χ1n) is 7.55. The zero-order valence-corrected chi connectivity index (χ0v) is 12.3. The van der Waals surface area contributed by atoms with E-state index < -0.39 is 24.4 Å². The second kappa shape index (κ2) is 10.3. The molecule has 0 bridgehead atoms. The predicted octanol–water partition coefficient (Wildman–Crippen LogP) is 1.01. The molecular weight excluding hydrogens is 260 g/mol. The molecule has 118 valence electrons. The van der Waals surface area contributed by atoms with Crippen LogP contribution in [0, 0.1) is 0 Å². The highest BCUT2D eigenvalue weighted by molar-refractivity contribution is 4.88. The zero-order chi connectivity index (χ0) is 14.8. The van der Waals surface area contributed by atoms with Crippen LogP contribution in [0.15, 0.2) is 12.2 Å². The molecule has 1 aliphatic rings. The summed E-state index contributed by atoms with van der Waals surface area (Å²) in [5, 5.41) is 28.4. The van der Waals surface area contributed by atoms with Crippen molar-refractivity contribution in [3.63, 3.8) is 0 Å². The van der Waals surface area contributed by atoms with Gasteiger partial charge in [0.05, 0.1) is 13.2 Å². The van der Waals surface area contributed by atoms with Crippen molar-refractivity contribution in [2.24, 2.45) is 0 Å². The van der Waals surface area contributed by atoms with Gasteiger partial charge in [0, 0.05) is 6.61 Å². The van der Waals surface area contributed by atoms with Crippen LogP contribution in [0.4, 0.5) is 0 Å². The van der Waals surface area contributed by atoms with Gasteiger partial charge in [0.2, 0.25) is 0 Å². The lowest BCUT2D eigenvalue weighted by Gasteiger charge is -2.24. The van der Waals surface area contributed by atoms with E-state index in [4.69, 9.17) is 9.47 Å². The minimum atomic E-state index is -0.980. The van der Waals surface area contributed by atoms with Gasteiger partial charge in [-0.2, -0.15) is 0 Å². The Morgan fingerprint density at radius 2 is 2.05 bits per heavy atom. The molecule has 0 aromatic heterocycles. The average Bonchev–Trinajstić information content (AvgIpc) is 2.78. The minimum Gasteiger partial charge on any atom is -0.394 e. The summed E-state index contributed by atoms with van der Waals surface area (Å²) in [6.45, 7) is 2.53. The van der Waals surface area contributed by atoms with Crippen molar-refractivity contribution in [1.29, 1.82) is 0 Å². The van der Waals surface area contributed by atoms with Crippen LogP contribution in [0.25, 0.3) is 0 Å². The molecule has 0 aromatic rings. The molecule has 1 heterocycles. The van der Waals surface area contributed by atoms with Crippen LogP contribution in [-0.4, -0.2) is 59.6 Å². The first-order chi connectivity index (χ1) is 9.70. The Hall–Kier alpha value is -0.460. The maximum Gasteiger partial charge on any atom is 0.114 e. The lowest BCUT2D eigenvalue weighted by Crippen LogP contribution is -2.42. The summed E-state index contributed by atoms with van der Waals surface area (Å²) in [4.78, 5) is 0. The summed E-state index contributed by atoms with van der Waals surface area (Å²) in [6.07, 6.45) is 6.59. The summed E-state index contributed by atoms with van der Waals surface area (Å²) in [6, 6.07) is 0. The molecule has 1 aliphatic heterocycles. The van der Waals surface area contributed by atoms with Gasteiger partial charge < -0.3 is 24.8 Å². The second-order valence-corrected chi connectivity index (χ2v) is 5.18. The molecule has 0 unspecified atom stereocenters. The number of hydrogen-bond acceptors (Lipinski definition) is 5. The molecule has 0 aliphatic carbocycles. The second-order valence-electron chi connectivity index (χ2n) is 5.18. The van der Waals surface area contributed by atoms with Crippen LogP contribution in [0.1, 0.15) is 39.0 Å². The number of allylic oxidation sites excluding steroid dienone is 2. The van der Waals surface area contributed by atoms with Crippen LogP contribution in [0.3, 0.4) is 0 Å². The van der Waals surface area contributed by atoms with Crippen molar-refractivity contribution < 1.29 is 24.8 Å². The Morgan fingerprint density at radius 1 is 1.25 bits per heavy atom. The van der Waals surface area contributed by atoms with Gasteiger partial charge in [0.25, 0.3) is 0 Å². The Morgan fingerprint density at radius 3 is 2.65 bits per heavy atom. The molecule has 0 aromatic carbocycles. The maximum absolute atomic E-state index is 9.71. The molecule has 1 rings (SSSR count). The van der Waals surface area contributed by atoms with E-state index in [1.54, 1.807) is 0 Å². The van der Waals surface area contributed by atoms with Gasteiger partial charge in [-0.25, -0.2) is 0 Å². The third kappa shape index (κ3) is 5.89. The van der Waals surface area contributed by atoms with Gasteiger partial charge in [-0.15, -0.1) is 0 Å². The van der Waals surface area contributed by atoms with Gasteiger partial charge in [-0.05, 0) is 25.7 Å². The molecule has 1 fully saturated rings. The monoisotopic (exact) mass is 288 g/mol. The van der Waals surface area contributed by atoms with Crippen molar-refractivity contribution in [2.45, 2.75) is 63.4 Å². The van der Waals surface area contributed by atoms with Crippen LogP contribution < -0.4 is 0 Å². The highest BCUT2D eigenvalue weighted by atomic mass is 16.6. The van der Waals surface area contributed by atoms with Gasteiger partial charge in [-0.1, -0.05) is 25.5 Å². The summed E-state index contributed by atoms with van der Waals surface area (Å²) in [5.41, 5.74) is 0. The molecule has 0 amide bonds. The van der Waals surface area contributed by atoms with E-state index in [-0.39, 0.29) is 13.2 Å². The van der Waals surface area contributed by atoms with E-state index in [0.717, 1.165) is 32.1 Å². The van der Waals surface area contributed by atoms with Crippen LogP contribution in [0.5, 0.6) is 0 Å². The number of unbranched alkanes of at least 4 members (excludes halogenated alkanes) is 3. The fourth-order valence-corrected chi connectivity index (χ4v) is 2.26. The largest absolute Gasteiger partial charge is 0.394 e. The zero-order valence-electron chi connectivity index (χ0n) is 12.3. The highest BCUT2D eigenvalue weighted by Gasteiger charge is 2.40. The molecule has 1 saturated heterocycles. The number of hydrogen-bond donors (Lipinski definition) is 3. The number of ether oxygens (including phenoxy) is 2. The topological polar surface area (TPSA) is 79.2 Å². The Labute approximate surface area is 121 Å². The van der Waals surface area contributed by atoms with E-state index >= 15 is 0 Å². The Bertz CT molecular complexity index is 269. The third-order valence-electron chi connectivity index (χ3n) is 3.49. The van der Waals surface area contributed by atoms with Gasteiger partial charge in [0.1, 0.15) is 24.4 Å². The number of rotatable bonds is 10. The third-order valence-corrected chi connectivity index (χ3v) is 3.49. The van der Waals surface area contributed by atoms with Crippen molar-refractivity contribution >= 4 is 0 Å². The van der Waals surface area contributed by atoms with E-state index in [1.807, 2.05) is 0 Å². The first-order valence-corrected chi connectivity index (χ1v) is 7.55. The Kier molecular flexibility index (Phi) is 9.05. The lowest BCUT2D eigenvalue weighted by atomic mass is 10.1. The first kappa shape index (κ1) is 17.6. The van der Waals surface area contributed by atoms with E-state index in [2.05, 4.69) is 19.1 Å². The molecule has 0 radical (unpaired) electrons. The lowest BCUT2D eigenvalue weighted by molar-refractivity contribution is -0.101. The molecular formula is C15H28O5. The van der Waals surface area contributed by atoms with Crippen LogP contribution in [-0.2, 0) is 9.47 Å². The SMILES string of the molecule is CC/C=C/CCCCCO[C@@H](CO)[C@@H]1OC[C@@H](O)[C@@H]1O. The molecule has 5 nitrogen and oxygen atoms in total. The van der Waals surface area contributed by atoms with E-state index in [0.29, 0.717) is 6.61 Å². The molecule has 4 atom stereocenters. The maximum atomic E-state index is 9.71. The quantitative estimate of drug-likeness (QED) is 0.413. The van der Waals surface area contributed by atoms with Gasteiger partial charge in [0.15, 0.2) is 0 Å². The van der Waals surface area contributed by atoms with Crippen molar-refractivity contribution in [2.75, 3.05) is 19.8 Å². The molecule has 0 spiro atoms. The molecule has 0 saturated carbocycles. The van der Waals surface area contributed by atoms with Crippen LogP contribution in [0.2, 0.25) is 0 Å². The van der Waals surface area contributed by atoms with E-state index in [9.17, 15) is 15.3 Å². The molecule has 5 heteroatoms. The smallest absolute Gasteiger partial charge is 0.114 e. The molecule has 3 N–H and O–H groups in total. The fraction of sp³-hybridized carbons (Fsp3) is 0.867. The standard InChI is InChI=1S/C15H28O5/c1-2-3-4-5-6-7-8-9-19-13(10-16)15-14(18)12(17)11-20-15/h3-4,12-18H,2,5-11H2,1H3/b4-3+/t12-,13+,14+,15+/m1/s1. The molecule has 20 heavy (non-hydrogen) atoms. The Balaban J connectivity index is 2.11. The van der Waals surface area contributed by atoms with Gasteiger partial charge in [-0.3, -0.25) is 0 Å². The normalized spacial score (nSPS) is 28.3. The number of aliphatic hydroxyl groups excluding tert-OH is 3. The van der Waals surface area contributed by atoms with Crippen molar-refractivity contribution in [3.05, 3.63) is 12.2 Å². The number of aliphatic hydroxyl groups is 3. The van der Waals surface area contributed by atoms with E-state index in [1.165, 1.54) is 0 Å². The summed E-state index contributed by atoms with van der Waals surface area (Å²) < 4.78 is 10.8. The van der Waals surface area contributed by atoms with Crippen molar-refractivity contribution in [3.8, 4) is 0 Å². The highest BCUT2D eigenvalue weighted by Crippen LogP contribution is 2.19. The van der Waals surface area contributed by atoms with Gasteiger partial charge >= 0.3 is 0 Å². The predicted molar refractivity (Wildman–Crippen MR) is 76.5 cm³/mol. The fourth-order valence-electron chi connectivity index (χ4n) is 2.26. The summed E-state index contributed by atoms with van der Waals surface area (Å²) in [7, 11) is 0. The summed E-state index contributed by atoms with van der Waals surface area (Å²) in [5.74, 6) is 0. The van der Waals surface area contributed by atoms with Crippen molar-refractivity contribution in [1.82, 2.24) is 0 Å². The minimum absolute atomic E-state index is 0.0927.